The fourth-order valence-corrected chi connectivity index (χ4v) is 6.18. The van der Waals surface area contributed by atoms with Crippen molar-refractivity contribution in [2.45, 2.75) is 125 Å². The number of carboxylic acids is 4. The van der Waals surface area contributed by atoms with E-state index >= 15 is 0 Å². The largest absolute Gasteiger partial charge is 0.492 e. The zero-order chi connectivity index (χ0) is 56.3. The summed E-state index contributed by atoms with van der Waals surface area (Å²) in [6.07, 6.45) is 3.36. The molecule has 4 rings (SSSR count). The smallest absolute Gasteiger partial charge is 0.320 e. The summed E-state index contributed by atoms with van der Waals surface area (Å²) in [6.45, 7) is 19.4. The van der Waals surface area contributed by atoms with Crippen LogP contribution in [0, 0.1) is 0 Å². The third-order valence-corrected chi connectivity index (χ3v) is 10.2. The molecular weight excluding hydrogens is 959 g/mol. The van der Waals surface area contributed by atoms with E-state index in [-0.39, 0.29) is 0 Å². The van der Waals surface area contributed by atoms with Gasteiger partial charge in [0.25, 0.3) is 0 Å². The number of aryl methyl sites for hydroxylation is 1. The van der Waals surface area contributed by atoms with Crippen molar-refractivity contribution in [3.63, 3.8) is 0 Å². The highest BCUT2D eigenvalue weighted by Gasteiger charge is 2.14. The molecule has 0 aliphatic carbocycles. The SMILES string of the molecule is CC(C)=NCCCc1ccc(CC(N)C(=O)O)cc1.CC(C)=NCCOc1ccc(CC(N)C(=O)O)cc1.CC(C)=NCCOc1ccc(CC(N)C(=O)O)cc1.CC(C)=NNCc1ccc(CC(N)C(=O)O)cc1. The van der Waals surface area contributed by atoms with Gasteiger partial charge in [-0.05, 0) is 152 Å². The molecular formula is C56H81N9O10. The Bertz CT molecular complexity index is 2210. The molecule has 0 heterocycles. The van der Waals surface area contributed by atoms with Gasteiger partial charge in [0.2, 0.25) is 0 Å². The van der Waals surface area contributed by atoms with Crippen molar-refractivity contribution < 1.29 is 49.1 Å². The van der Waals surface area contributed by atoms with Gasteiger partial charge < -0.3 is 58.3 Å². The lowest BCUT2D eigenvalue weighted by Crippen LogP contribution is -2.32. The van der Waals surface area contributed by atoms with Gasteiger partial charge in [-0.1, -0.05) is 72.8 Å². The molecule has 0 bridgehead atoms. The number of hydrogen-bond acceptors (Lipinski definition) is 15. The van der Waals surface area contributed by atoms with E-state index in [0.29, 0.717) is 58.5 Å². The highest BCUT2D eigenvalue weighted by Crippen LogP contribution is 2.15. The summed E-state index contributed by atoms with van der Waals surface area (Å²) >= 11 is 0. The number of nitrogens with zero attached hydrogens (tertiary/aromatic N) is 4. The minimum Gasteiger partial charge on any atom is -0.492 e. The Kier molecular flexibility index (Phi) is 32.8. The number of benzene rings is 4. The summed E-state index contributed by atoms with van der Waals surface area (Å²) in [4.78, 5) is 55.4. The number of carboxylic acid groups (broad SMARTS) is 4. The topological polar surface area (TPSA) is 333 Å². The maximum atomic E-state index is 10.7. The third-order valence-electron chi connectivity index (χ3n) is 10.2. The molecule has 0 saturated carbocycles. The lowest BCUT2D eigenvalue weighted by molar-refractivity contribution is -0.139. The van der Waals surface area contributed by atoms with Gasteiger partial charge in [-0.3, -0.25) is 34.2 Å². The number of rotatable bonds is 27. The van der Waals surface area contributed by atoms with Crippen molar-refractivity contribution in [1.29, 1.82) is 0 Å². The molecule has 19 heteroatoms. The standard InChI is InChI=1S/C15H22N2O2.2C14H20N2O3.C13H19N3O2/c1-11(2)17-9-3-4-12-5-7-13(8-6-12)10-14(16)15(18)19;2*1-10(2)16-7-8-19-12-5-3-11(4-6-12)9-13(15)14(17)18;1-9(2)16-15-8-11-5-3-10(4-6-11)7-12(14)13(17)18/h5-8,14H,3-4,9-10,16H2,1-2H3,(H,18,19);2*3-6,13H,7-9,15H2,1-2H3,(H,17,18);3-6,12,15H,7-8,14H2,1-2H3,(H,17,18). The van der Waals surface area contributed by atoms with E-state index < -0.39 is 48.0 Å². The zero-order valence-electron chi connectivity index (χ0n) is 44.9. The van der Waals surface area contributed by atoms with Gasteiger partial charge in [0, 0.05) is 29.4 Å². The number of nitrogens with one attached hydrogen (secondary N) is 1. The first-order valence-electron chi connectivity index (χ1n) is 24.6. The molecule has 0 saturated heterocycles. The number of hydrazone groups is 1. The van der Waals surface area contributed by atoms with Crippen LogP contribution in [0.1, 0.15) is 95.2 Å². The van der Waals surface area contributed by atoms with Gasteiger partial charge >= 0.3 is 23.9 Å². The molecule has 0 radical (unpaired) electrons. The molecule has 0 amide bonds. The predicted octanol–water partition coefficient (Wildman–Crippen LogP) is 6.18. The van der Waals surface area contributed by atoms with Crippen LogP contribution in [-0.2, 0) is 57.8 Å². The van der Waals surface area contributed by atoms with Crippen molar-refractivity contribution in [2.75, 3.05) is 32.8 Å². The summed E-state index contributed by atoms with van der Waals surface area (Å²) in [7, 11) is 0. The molecule has 4 unspecified atom stereocenters. The number of hydrogen-bond donors (Lipinski definition) is 9. The fraction of sp³-hybridized carbons (Fsp3) is 0.429. The van der Waals surface area contributed by atoms with Crippen molar-refractivity contribution in [3.05, 3.63) is 130 Å². The number of ether oxygens (including phenoxy) is 2. The van der Waals surface area contributed by atoms with Crippen LogP contribution in [0.5, 0.6) is 11.5 Å². The number of carbonyl (C=O) groups is 4. The van der Waals surface area contributed by atoms with E-state index in [1.807, 2.05) is 152 Å². The summed E-state index contributed by atoms with van der Waals surface area (Å²) in [6, 6.07) is 26.8. The van der Waals surface area contributed by atoms with Crippen LogP contribution in [0.4, 0.5) is 0 Å². The van der Waals surface area contributed by atoms with E-state index in [4.69, 9.17) is 52.8 Å². The second-order valence-corrected chi connectivity index (χ2v) is 18.2. The molecule has 75 heavy (non-hydrogen) atoms. The van der Waals surface area contributed by atoms with Crippen LogP contribution in [0.15, 0.2) is 117 Å². The van der Waals surface area contributed by atoms with Crippen LogP contribution in [0.2, 0.25) is 0 Å². The Balaban J connectivity index is 0.000000500. The van der Waals surface area contributed by atoms with Crippen LogP contribution in [0.25, 0.3) is 0 Å². The first kappa shape index (κ1) is 65.7. The van der Waals surface area contributed by atoms with Gasteiger partial charge in [-0.25, -0.2) is 0 Å². The predicted molar refractivity (Wildman–Crippen MR) is 299 cm³/mol. The van der Waals surface area contributed by atoms with Crippen LogP contribution >= 0.6 is 0 Å². The quantitative estimate of drug-likeness (QED) is 0.0183. The third kappa shape index (κ3) is 33.2. The highest BCUT2D eigenvalue weighted by molar-refractivity contribution is 5.80. The second-order valence-electron chi connectivity index (χ2n) is 18.2. The van der Waals surface area contributed by atoms with Crippen LogP contribution in [-0.4, -0.2) is 124 Å². The molecule has 4 aromatic carbocycles. The Morgan fingerprint density at radius 3 is 1.00 bits per heavy atom. The molecule has 0 fully saturated rings. The molecule has 0 aliphatic rings. The second kappa shape index (κ2) is 37.4. The Morgan fingerprint density at radius 2 is 0.707 bits per heavy atom. The Hall–Kier alpha value is -7.32. The van der Waals surface area contributed by atoms with Gasteiger partial charge in [0.15, 0.2) is 0 Å². The maximum Gasteiger partial charge on any atom is 0.320 e. The van der Waals surface area contributed by atoms with Gasteiger partial charge in [-0.15, -0.1) is 0 Å². The summed E-state index contributed by atoms with van der Waals surface area (Å²) in [5.41, 5.74) is 35.0. The minimum atomic E-state index is -0.992. The molecule has 13 N–H and O–H groups in total. The maximum absolute atomic E-state index is 10.7. The number of aliphatic imine (C=N–C) groups is 3. The Morgan fingerprint density at radius 1 is 0.427 bits per heavy atom. The molecule has 4 aromatic rings. The van der Waals surface area contributed by atoms with Crippen molar-refractivity contribution in [1.82, 2.24) is 5.43 Å². The van der Waals surface area contributed by atoms with Gasteiger partial charge in [0.1, 0.15) is 48.9 Å². The first-order valence-corrected chi connectivity index (χ1v) is 24.6. The van der Waals surface area contributed by atoms with E-state index in [2.05, 4.69) is 25.5 Å². The summed E-state index contributed by atoms with van der Waals surface area (Å²) in [5.74, 6) is -2.43. The van der Waals surface area contributed by atoms with E-state index in [1.54, 1.807) is 0 Å². The molecule has 19 nitrogen and oxygen atoms in total. The summed E-state index contributed by atoms with van der Waals surface area (Å²) in [5, 5.41) is 39.0. The zero-order valence-corrected chi connectivity index (χ0v) is 44.9. The molecule has 0 aromatic heterocycles. The van der Waals surface area contributed by atoms with Crippen LogP contribution < -0.4 is 37.8 Å². The van der Waals surface area contributed by atoms with Crippen LogP contribution in [0.3, 0.4) is 0 Å². The Labute approximate surface area is 442 Å². The average Bonchev–Trinajstić information content (AvgIpc) is 3.35. The molecule has 410 valence electrons. The minimum absolute atomic E-state index is 0.314. The summed E-state index contributed by atoms with van der Waals surface area (Å²) < 4.78 is 11.0. The average molecular weight is 1040 g/mol. The van der Waals surface area contributed by atoms with Crippen molar-refractivity contribution in [2.24, 2.45) is 43.0 Å². The normalized spacial score (nSPS) is 11.8. The van der Waals surface area contributed by atoms with Crippen molar-refractivity contribution >= 4 is 46.7 Å². The van der Waals surface area contributed by atoms with Gasteiger partial charge in [0.05, 0.1) is 19.6 Å². The van der Waals surface area contributed by atoms with Gasteiger partial charge in [-0.2, -0.15) is 5.10 Å². The lowest BCUT2D eigenvalue weighted by atomic mass is 10.0. The lowest BCUT2D eigenvalue weighted by Gasteiger charge is -2.08. The monoisotopic (exact) mass is 1040 g/mol. The molecule has 4 atom stereocenters. The first-order chi connectivity index (χ1) is 35.4. The molecule has 0 spiro atoms. The highest BCUT2D eigenvalue weighted by atomic mass is 16.5. The van der Waals surface area contributed by atoms with E-state index in [9.17, 15) is 19.2 Å². The fourth-order valence-electron chi connectivity index (χ4n) is 6.18. The van der Waals surface area contributed by atoms with Crippen molar-refractivity contribution in [3.8, 4) is 11.5 Å². The van der Waals surface area contributed by atoms with E-state index in [0.717, 1.165) is 81.5 Å². The van der Waals surface area contributed by atoms with E-state index in [1.165, 1.54) is 5.56 Å². The number of aliphatic carboxylic acids is 4. The molecule has 0 aliphatic heterocycles. The number of nitrogens with two attached hydrogens (primary N) is 4.